The summed E-state index contributed by atoms with van der Waals surface area (Å²) in [7, 11) is 1.54. The molecule has 1 aromatic carbocycles. The van der Waals surface area contributed by atoms with Crippen molar-refractivity contribution in [3.63, 3.8) is 0 Å². The molecule has 1 N–H and O–H groups in total. The van der Waals surface area contributed by atoms with Crippen molar-refractivity contribution >= 4 is 16.8 Å². The normalized spacial score (nSPS) is 10.9. The molecule has 1 heterocycles. The van der Waals surface area contributed by atoms with E-state index in [1.807, 2.05) is 29.8 Å². The molecule has 1 amide bonds. The molecule has 0 radical (unpaired) electrons. The number of carbonyl (C=O) groups is 1. The summed E-state index contributed by atoms with van der Waals surface area (Å²) in [6.07, 6.45) is 0.888. The quantitative estimate of drug-likeness (QED) is 0.837. The summed E-state index contributed by atoms with van der Waals surface area (Å²) in [5, 5.41) is 8.35. The standard InChI is InChI=1S/C14H19N3O2/c1-4-12-11-7-6-10(14(18)15-9-19-3)8-13(11)17(5-2)16-12/h6-8H,4-5,9H2,1-3H3,(H,15,18). The molecule has 0 fully saturated rings. The van der Waals surface area contributed by atoms with Crippen LogP contribution in [-0.2, 0) is 17.7 Å². The summed E-state index contributed by atoms with van der Waals surface area (Å²) < 4.78 is 6.77. The van der Waals surface area contributed by atoms with E-state index >= 15 is 0 Å². The third-order valence-corrected chi connectivity index (χ3v) is 3.10. The van der Waals surface area contributed by atoms with Gasteiger partial charge in [0.2, 0.25) is 0 Å². The summed E-state index contributed by atoms with van der Waals surface area (Å²) in [5.41, 5.74) is 2.70. The molecule has 2 rings (SSSR count). The fourth-order valence-corrected chi connectivity index (χ4v) is 2.13. The lowest BCUT2D eigenvalue weighted by atomic mass is 10.1. The Morgan fingerprint density at radius 1 is 1.42 bits per heavy atom. The molecule has 19 heavy (non-hydrogen) atoms. The lowest BCUT2D eigenvalue weighted by Crippen LogP contribution is -2.25. The fourth-order valence-electron chi connectivity index (χ4n) is 2.13. The van der Waals surface area contributed by atoms with Crippen LogP contribution in [0.15, 0.2) is 18.2 Å². The molecule has 2 aromatic rings. The number of nitrogens with zero attached hydrogens (tertiary/aromatic N) is 2. The second kappa shape index (κ2) is 5.84. The number of hydrogen-bond donors (Lipinski definition) is 1. The van der Waals surface area contributed by atoms with Gasteiger partial charge in [-0.3, -0.25) is 9.48 Å². The highest BCUT2D eigenvalue weighted by Gasteiger charge is 2.11. The van der Waals surface area contributed by atoms with Crippen LogP contribution in [0.1, 0.15) is 29.9 Å². The van der Waals surface area contributed by atoms with E-state index in [-0.39, 0.29) is 12.6 Å². The molecular weight excluding hydrogens is 242 g/mol. The van der Waals surface area contributed by atoms with Crippen molar-refractivity contribution in [2.75, 3.05) is 13.8 Å². The van der Waals surface area contributed by atoms with Gasteiger partial charge in [0, 0.05) is 24.6 Å². The lowest BCUT2D eigenvalue weighted by Gasteiger charge is -2.05. The van der Waals surface area contributed by atoms with Gasteiger partial charge in [-0.25, -0.2) is 0 Å². The Hall–Kier alpha value is -1.88. The van der Waals surface area contributed by atoms with E-state index in [9.17, 15) is 4.79 Å². The number of aryl methyl sites for hydroxylation is 2. The number of amides is 1. The maximum atomic E-state index is 11.9. The van der Waals surface area contributed by atoms with Crippen molar-refractivity contribution in [1.29, 1.82) is 0 Å². The molecule has 0 aliphatic rings. The molecule has 5 nitrogen and oxygen atoms in total. The first kappa shape index (κ1) is 13.5. The SMILES string of the molecule is CCc1nn(CC)c2cc(C(=O)NCOC)ccc12. The Morgan fingerprint density at radius 3 is 2.84 bits per heavy atom. The molecule has 0 saturated heterocycles. The highest BCUT2D eigenvalue weighted by Crippen LogP contribution is 2.20. The minimum Gasteiger partial charge on any atom is -0.364 e. The van der Waals surface area contributed by atoms with Gasteiger partial charge >= 0.3 is 0 Å². The largest absolute Gasteiger partial charge is 0.364 e. The minimum absolute atomic E-state index is 0.134. The van der Waals surface area contributed by atoms with E-state index in [4.69, 9.17) is 4.74 Å². The Balaban J connectivity index is 2.41. The summed E-state index contributed by atoms with van der Waals surface area (Å²) in [6, 6.07) is 5.68. The van der Waals surface area contributed by atoms with Gasteiger partial charge in [-0.1, -0.05) is 13.0 Å². The predicted molar refractivity (Wildman–Crippen MR) is 74.1 cm³/mol. The number of fused-ring (bicyclic) bond motifs is 1. The third kappa shape index (κ3) is 2.61. The summed E-state index contributed by atoms with van der Waals surface area (Å²) >= 11 is 0. The van der Waals surface area contributed by atoms with Gasteiger partial charge in [-0.05, 0) is 25.5 Å². The topological polar surface area (TPSA) is 56.2 Å². The van der Waals surface area contributed by atoms with Crippen molar-refractivity contribution in [3.05, 3.63) is 29.5 Å². The zero-order valence-corrected chi connectivity index (χ0v) is 11.6. The van der Waals surface area contributed by atoms with Crippen LogP contribution in [0.2, 0.25) is 0 Å². The summed E-state index contributed by atoms with van der Waals surface area (Å²) in [4.78, 5) is 11.9. The highest BCUT2D eigenvalue weighted by molar-refractivity contribution is 5.98. The number of nitrogens with one attached hydrogen (secondary N) is 1. The number of methoxy groups -OCH3 is 1. The molecule has 0 atom stereocenters. The van der Waals surface area contributed by atoms with Crippen LogP contribution < -0.4 is 5.32 Å². The first-order valence-corrected chi connectivity index (χ1v) is 6.47. The van der Waals surface area contributed by atoms with Gasteiger partial charge in [0.1, 0.15) is 6.73 Å². The fraction of sp³-hybridized carbons (Fsp3) is 0.429. The van der Waals surface area contributed by atoms with Crippen LogP contribution in [0.5, 0.6) is 0 Å². The first-order chi connectivity index (χ1) is 9.21. The van der Waals surface area contributed by atoms with E-state index in [1.54, 1.807) is 7.11 Å². The van der Waals surface area contributed by atoms with Gasteiger partial charge in [-0.15, -0.1) is 0 Å². The van der Waals surface area contributed by atoms with E-state index in [2.05, 4.69) is 17.3 Å². The van der Waals surface area contributed by atoms with Crippen molar-refractivity contribution in [1.82, 2.24) is 15.1 Å². The van der Waals surface area contributed by atoms with Gasteiger partial charge in [0.25, 0.3) is 5.91 Å². The Morgan fingerprint density at radius 2 is 2.21 bits per heavy atom. The number of aromatic nitrogens is 2. The van der Waals surface area contributed by atoms with E-state index in [0.717, 1.165) is 29.6 Å². The van der Waals surface area contributed by atoms with Crippen molar-refractivity contribution in [2.24, 2.45) is 0 Å². The van der Waals surface area contributed by atoms with Crippen molar-refractivity contribution in [2.45, 2.75) is 26.8 Å². The average Bonchev–Trinajstić information content (AvgIpc) is 2.81. The first-order valence-electron chi connectivity index (χ1n) is 6.47. The second-order valence-corrected chi connectivity index (χ2v) is 4.29. The summed E-state index contributed by atoms with van der Waals surface area (Å²) in [5.74, 6) is -0.134. The second-order valence-electron chi connectivity index (χ2n) is 4.29. The maximum absolute atomic E-state index is 11.9. The van der Waals surface area contributed by atoms with Crippen molar-refractivity contribution in [3.8, 4) is 0 Å². The summed E-state index contributed by atoms with van der Waals surface area (Å²) in [6.45, 7) is 5.13. The van der Waals surface area contributed by atoms with Crippen molar-refractivity contribution < 1.29 is 9.53 Å². The van der Waals surface area contributed by atoms with E-state index < -0.39 is 0 Å². The number of hydrogen-bond acceptors (Lipinski definition) is 3. The Labute approximate surface area is 112 Å². The van der Waals surface area contributed by atoms with Crippen LogP contribution in [0, 0.1) is 0 Å². The number of benzene rings is 1. The zero-order chi connectivity index (χ0) is 13.8. The Kier molecular flexibility index (Phi) is 4.16. The predicted octanol–water partition coefficient (Wildman–Crippen LogP) is 1.95. The molecule has 1 aromatic heterocycles. The monoisotopic (exact) mass is 261 g/mol. The van der Waals surface area contributed by atoms with Crippen LogP contribution >= 0.6 is 0 Å². The molecule has 0 unspecified atom stereocenters. The third-order valence-electron chi connectivity index (χ3n) is 3.10. The number of ether oxygens (including phenoxy) is 1. The molecule has 0 saturated carbocycles. The maximum Gasteiger partial charge on any atom is 0.253 e. The van der Waals surface area contributed by atoms with Crippen LogP contribution in [0.25, 0.3) is 10.9 Å². The number of rotatable bonds is 5. The van der Waals surface area contributed by atoms with Crippen LogP contribution in [-0.4, -0.2) is 29.5 Å². The van der Waals surface area contributed by atoms with Gasteiger partial charge in [0.05, 0.1) is 11.2 Å². The lowest BCUT2D eigenvalue weighted by molar-refractivity contribution is 0.0872. The molecule has 0 spiro atoms. The minimum atomic E-state index is -0.134. The van der Waals surface area contributed by atoms with Gasteiger partial charge < -0.3 is 10.1 Å². The highest BCUT2D eigenvalue weighted by atomic mass is 16.5. The Bertz CT molecular complexity index is 590. The van der Waals surface area contributed by atoms with E-state index in [1.165, 1.54) is 0 Å². The van der Waals surface area contributed by atoms with E-state index in [0.29, 0.717) is 5.56 Å². The molecule has 0 aliphatic carbocycles. The average molecular weight is 261 g/mol. The molecule has 102 valence electrons. The van der Waals surface area contributed by atoms with Gasteiger partial charge in [-0.2, -0.15) is 5.10 Å². The van der Waals surface area contributed by atoms with Crippen LogP contribution in [0.3, 0.4) is 0 Å². The smallest absolute Gasteiger partial charge is 0.253 e. The molecule has 5 heteroatoms. The molecule has 0 bridgehead atoms. The molecule has 0 aliphatic heterocycles. The zero-order valence-electron chi connectivity index (χ0n) is 11.6. The van der Waals surface area contributed by atoms with Crippen LogP contribution in [0.4, 0.5) is 0 Å². The molecular formula is C14H19N3O2. The van der Waals surface area contributed by atoms with Gasteiger partial charge in [0.15, 0.2) is 0 Å². The number of carbonyl (C=O) groups excluding carboxylic acids is 1.